The number of piperazine rings is 1. The number of halogens is 2. The Labute approximate surface area is 209 Å². The lowest BCUT2D eigenvalue weighted by atomic mass is 9.93. The number of benzene rings is 2. The minimum atomic E-state index is -0.187. The molecule has 3 aliphatic heterocycles. The molecule has 0 spiro atoms. The molecule has 2 aromatic rings. The predicted molar refractivity (Wildman–Crippen MR) is 139 cm³/mol. The number of fused-ring (bicyclic) bond motifs is 2. The molecule has 3 heterocycles. The standard InChI is InChI=1S/C27H28ClFN4S/c28-21-3-6-23-25(15-21)24(20-1-4-22(29)5-2-20)16-26(23)32-11-9-31(10-12-32)8-7-19-17-30-27-33(18-19)13-14-34-27/h1-6,13-15,17,24,26H,7-12,16,18H2/t24-,26+/m0/s1. The van der Waals surface area contributed by atoms with Crippen LogP contribution in [0.5, 0.6) is 0 Å². The van der Waals surface area contributed by atoms with Crippen LogP contribution in [0.1, 0.15) is 41.5 Å². The zero-order valence-electron chi connectivity index (χ0n) is 19.0. The molecule has 7 heteroatoms. The van der Waals surface area contributed by atoms with Crippen molar-refractivity contribution in [1.29, 1.82) is 0 Å². The molecule has 2 atom stereocenters. The first-order valence-electron chi connectivity index (χ1n) is 12.0. The molecular formula is C27H28ClFN4S. The number of hydrogen-bond acceptors (Lipinski definition) is 5. The summed E-state index contributed by atoms with van der Waals surface area (Å²) < 4.78 is 13.5. The van der Waals surface area contributed by atoms with Gasteiger partial charge in [-0.25, -0.2) is 9.38 Å². The van der Waals surface area contributed by atoms with Crippen LogP contribution in [-0.2, 0) is 0 Å². The molecular weight excluding hydrogens is 467 g/mol. The minimum absolute atomic E-state index is 0.187. The van der Waals surface area contributed by atoms with E-state index in [1.807, 2.05) is 18.2 Å². The Morgan fingerprint density at radius 2 is 1.85 bits per heavy atom. The van der Waals surface area contributed by atoms with Gasteiger partial charge in [-0.05, 0) is 64.8 Å². The maximum Gasteiger partial charge on any atom is 0.172 e. The molecule has 1 fully saturated rings. The van der Waals surface area contributed by atoms with Gasteiger partial charge in [0.15, 0.2) is 5.17 Å². The molecule has 1 aliphatic carbocycles. The lowest BCUT2D eigenvalue weighted by Gasteiger charge is -2.38. The van der Waals surface area contributed by atoms with Gasteiger partial charge in [0.25, 0.3) is 0 Å². The lowest BCUT2D eigenvalue weighted by Crippen LogP contribution is -2.47. The van der Waals surface area contributed by atoms with Crippen molar-refractivity contribution >= 4 is 28.5 Å². The average molecular weight is 495 g/mol. The smallest absolute Gasteiger partial charge is 0.172 e. The predicted octanol–water partition coefficient (Wildman–Crippen LogP) is 5.84. The summed E-state index contributed by atoms with van der Waals surface area (Å²) in [5, 5.41) is 3.96. The molecule has 0 aromatic heterocycles. The Bertz CT molecular complexity index is 1150. The van der Waals surface area contributed by atoms with Crippen molar-refractivity contribution in [3.8, 4) is 0 Å². The van der Waals surface area contributed by atoms with Crippen molar-refractivity contribution in [3.05, 3.63) is 93.4 Å². The normalized spacial score (nSPS) is 24.7. The molecule has 0 unspecified atom stereocenters. The van der Waals surface area contributed by atoms with E-state index in [4.69, 9.17) is 11.6 Å². The number of hydrogen-bond donors (Lipinski definition) is 0. The van der Waals surface area contributed by atoms with Crippen LogP contribution in [0.15, 0.2) is 70.8 Å². The fraction of sp³-hybridized carbons (Fsp3) is 0.370. The maximum atomic E-state index is 13.5. The van der Waals surface area contributed by atoms with Gasteiger partial charge in [-0.2, -0.15) is 0 Å². The highest BCUT2D eigenvalue weighted by Gasteiger charge is 2.36. The summed E-state index contributed by atoms with van der Waals surface area (Å²) in [5.41, 5.74) is 5.25. The van der Waals surface area contributed by atoms with Crippen LogP contribution in [0.2, 0.25) is 5.02 Å². The number of rotatable bonds is 5. The van der Waals surface area contributed by atoms with Crippen LogP contribution in [0.25, 0.3) is 0 Å². The van der Waals surface area contributed by atoms with Crippen molar-refractivity contribution < 1.29 is 4.39 Å². The summed E-state index contributed by atoms with van der Waals surface area (Å²) in [4.78, 5) is 12.0. The first-order chi connectivity index (χ1) is 16.6. The van der Waals surface area contributed by atoms with E-state index < -0.39 is 0 Å². The van der Waals surface area contributed by atoms with Gasteiger partial charge in [-0.3, -0.25) is 4.90 Å². The first-order valence-corrected chi connectivity index (χ1v) is 13.3. The van der Waals surface area contributed by atoms with Gasteiger partial charge in [0, 0.05) is 68.7 Å². The van der Waals surface area contributed by atoms with Crippen molar-refractivity contribution in [1.82, 2.24) is 14.7 Å². The molecule has 6 rings (SSSR count). The molecule has 4 aliphatic rings. The Kier molecular flexibility index (Phi) is 6.24. The Morgan fingerprint density at radius 3 is 2.68 bits per heavy atom. The molecule has 34 heavy (non-hydrogen) atoms. The number of nitrogens with zero attached hydrogens (tertiary/aromatic N) is 4. The Morgan fingerprint density at radius 1 is 1.03 bits per heavy atom. The van der Waals surface area contributed by atoms with Crippen molar-refractivity contribution in [3.63, 3.8) is 0 Å². The minimum Gasteiger partial charge on any atom is -0.323 e. The summed E-state index contributed by atoms with van der Waals surface area (Å²) in [5.74, 6) is 0.0755. The molecule has 1 saturated heterocycles. The number of thioether (sulfide) groups is 1. The van der Waals surface area contributed by atoms with E-state index in [9.17, 15) is 4.39 Å². The summed E-state index contributed by atoms with van der Waals surface area (Å²) in [6.07, 6.45) is 6.29. The van der Waals surface area contributed by atoms with Gasteiger partial charge >= 0.3 is 0 Å². The summed E-state index contributed by atoms with van der Waals surface area (Å²) in [6, 6.07) is 13.7. The molecule has 0 N–H and O–H groups in total. The van der Waals surface area contributed by atoms with Crippen LogP contribution < -0.4 is 0 Å². The SMILES string of the molecule is Fc1ccc([C@@H]2C[C@@H](N3CCN(CCC4=CN=C5SC=CN5C4)CC3)c3ccc(Cl)cc32)cc1. The third-order valence-corrected chi connectivity index (χ3v) is 8.55. The van der Waals surface area contributed by atoms with Gasteiger partial charge < -0.3 is 9.80 Å². The van der Waals surface area contributed by atoms with E-state index in [2.05, 4.69) is 49.6 Å². The summed E-state index contributed by atoms with van der Waals surface area (Å²) >= 11 is 8.07. The van der Waals surface area contributed by atoms with Gasteiger partial charge in [0.05, 0.1) is 0 Å². The molecule has 2 aromatic carbocycles. The van der Waals surface area contributed by atoms with E-state index >= 15 is 0 Å². The fourth-order valence-electron chi connectivity index (χ4n) is 5.66. The molecule has 4 nitrogen and oxygen atoms in total. The van der Waals surface area contributed by atoms with Crippen LogP contribution in [-0.4, -0.2) is 59.1 Å². The molecule has 176 valence electrons. The largest absolute Gasteiger partial charge is 0.323 e. The topological polar surface area (TPSA) is 22.1 Å². The second-order valence-corrected chi connectivity index (χ2v) is 10.8. The highest BCUT2D eigenvalue weighted by molar-refractivity contribution is 8.16. The van der Waals surface area contributed by atoms with Crippen molar-refractivity contribution in [2.75, 3.05) is 39.3 Å². The second-order valence-electron chi connectivity index (χ2n) is 9.49. The van der Waals surface area contributed by atoms with E-state index in [0.717, 1.165) is 62.3 Å². The maximum absolute atomic E-state index is 13.5. The summed E-state index contributed by atoms with van der Waals surface area (Å²) in [6.45, 7) is 6.36. The quantitative estimate of drug-likeness (QED) is 0.521. The molecule has 0 bridgehead atoms. The highest BCUT2D eigenvalue weighted by Crippen LogP contribution is 2.47. The zero-order chi connectivity index (χ0) is 23.1. The average Bonchev–Trinajstić information content (AvgIpc) is 3.48. The van der Waals surface area contributed by atoms with Crippen LogP contribution in [0, 0.1) is 5.82 Å². The van der Waals surface area contributed by atoms with Crippen LogP contribution in [0.3, 0.4) is 0 Å². The van der Waals surface area contributed by atoms with Gasteiger partial charge in [0.2, 0.25) is 0 Å². The van der Waals surface area contributed by atoms with Gasteiger partial charge in [-0.1, -0.05) is 41.6 Å². The number of aliphatic imine (C=N–C) groups is 1. The lowest BCUT2D eigenvalue weighted by molar-refractivity contribution is 0.0954. The third kappa shape index (κ3) is 4.44. The van der Waals surface area contributed by atoms with Gasteiger partial charge in [-0.15, -0.1) is 0 Å². The number of amidine groups is 1. The zero-order valence-corrected chi connectivity index (χ0v) is 20.6. The summed E-state index contributed by atoms with van der Waals surface area (Å²) in [7, 11) is 0. The fourth-order valence-corrected chi connectivity index (χ4v) is 6.54. The van der Waals surface area contributed by atoms with Crippen LogP contribution >= 0.6 is 23.4 Å². The van der Waals surface area contributed by atoms with Crippen molar-refractivity contribution in [2.24, 2.45) is 4.99 Å². The van der Waals surface area contributed by atoms with Crippen LogP contribution in [0.4, 0.5) is 4.39 Å². The third-order valence-electron chi connectivity index (χ3n) is 7.50. The van der Waals surface area contributed by atoms with Gasteiger partial charge in [0.1, 0.15) is 5.82 Å². The first kappa shape index (κ1) is 22.4. The molecule has 0 saturated carbocycles. The van der Waals surface area contributed by atoms with E-state index in [-0.39, 0.29) is 11.7 Å². The molecule has 0 amide bonds. The second kappa shape index (κ2) is 9.50. The van der Waals surface area contributed by atoms with E-state index in [1.54, 1.807) is 23.9 Å². The van der Waals surface area contributed by atoms with E-state index in [0.29, 0.717) is 6.04 Å². The highest BCUT2D eigenvalue weighted by atomic mass is 35.5. The Balaban J connectivity index is 1.09. The molecule has 0 radical (unpaired) electrons. The Hall–Kier alpha value is -2.12. The monoisotopic (exact) mass is 494 g/mol. The van der Waals surface area contributed by atoms with Crippen molar-refractivity contribution in [2.45, 2.75) is 24.8 Å². The van der Waals surface area contributed by atoms with E-state index in [1.165, 1.54) is 22.3 Å².